The van der Waals surface area contributed by atoms with Crippen LogP contribution in [0.2, 0.25) is 0 Å². The van der Waals surface area contributed by atoms with Gasteiger partial charge in [0.25, 0.3) is 0 Å². The van der Waals surface area contributed by atoms with E-state index in [1.165, 1.54) is 50.1 Å². The molecule has 34 heavy (non-hydrogen) atoms. The van der Waals surface area contributed by atoms with E-state index in [2.05, 4.69) is 111 Å². The van der Waals surface area contributed by atoms with Crippen molar-refractivity contribution in [2.45, 2.75) is 27.7 Å². The molecule has 6 rings (SSSR count). The molecule has 0 unspecified atom stereocenters. The molecule has 4 aromatic rings. The van der Waals surface area contributed by atoms with E-state index in [-0.39, 0.29) is 20.1 Å². The Morgan fingerprint density at radius 2 is 1.29 bits per heavy atom. The third-order valence-electron chi connectivity index (χ3n) is 6.84. The minimum absolute atomic E-state index is 0. The molecule has 0 bridgehead atoms. The predicted molar refractivity (Wildman–Crippen MR) is 136 cm³/mol. The molecular weight excluding hydrogens is 595 g/mol. The molecule has 0 N–H and O–H groups in total. The van der Waals surface area contributed by atoms with E-state index in [4.69, 9.17) is 4.74 Å². The Bertz CT molecular complexity index is 1430. The molecule has 0 saturated carbocycles. The first-order valence-corrected chi connectivity index (χ1v) is 11.4. The molecule has 2 aliphatic rings. The summed E-state index contributed by atoms with van der Waals surface area (Å²) >= 11 is 0. The van der Waals surface area contributed by atoms with Gasteiger partial charge in [0.1, 0.15) is 5.76 Å². The van der Waals surface area contributed by atoms with Gasteiger partial charge >= 0.3 is 0 Å². The van der Waals surface area contributed by atoms with Crippen molar-refractivity contribution in [2.75, 3.05) is 4.90 Å². The topological polar surface area (TPSA) is 12.5 Å². The first-order valence-electron chi connectivity index (χ1n) is 11.4. The van der Waals surface area contributed by atoms with Gasteiger partial charge in [0, 0.05) is 25.7 Å². The van der Waals surface area contributed by atoms with E-state index in [0.717, 1.165) is 22.7 Å². The van der Waals surface area contributed by atoms with Gasteiger partial charge in [-0.05, 0) is 44.4 Å². The van der Waals surface area contributed by atoms with E-state index in [1.54, 1.807) is 0 Å². The van der Waals surface area contributed by atoms with Crippen LogP contribution in [0.3, 0.4) is 0 Å². The molecule has 0 aromatic heterocycles. The summed E-state index contributed by atoms with van der Waals surface area (Å²) < 4.78 is 6.28. The summed E-state index contributed by atoms with van der Waals surface area (Å²) in [5, 5.41) is 0. The van der Waals surface area contributed by atoms with Gasteiger partial charge in [-0.25, -0.2) is 0 Å². The van der Waals surface area contributed by atoms with Crippen LogP contribution < -0.4 is 4.90 Å². The second-order valence-electron chi connectivity index (χ2n) is 9.00. The van der Waals surface area contributed by atoms with E-state index in [1.807, 2.05) is 6.73 Å². The molecule has 2 nitrogen and oxygen atoms in total. The minimum Gasteiger partial charge on any atom is -0.640 e. The van der Waals surface area contributed by atoms with E-state index in [0.29, 0.717) is 0 Å². The molecule has 0 amide bonds. The largest absolute Gasteiger partial charge is 0.640 e. The van der Waals surface area contributed by atoms with Gasteiger partial charge in [0.2, 0.25) is 0 Å². The van der Waals surface area contributed by atoms with Crippen molar-refractivity contribution in [1.82, 2.24) is 0 Å². The number of rotatable bonds is 2. The first kappa shape index (κ1) is 22.7. The summed E-state index contributed by atoms with van der Waals surface area (Å²) in [7, 11) is 0. The number of ether oxygens (including phenoxy) is 1. The number of benzene rings is 4. The van der Waals surface area contributed by atoms with Crippen molar-refractivity contribution in [3.8, 4) is 22.3 Å². The molecule has 171 valence electrons. The van der Waals surface area contributed by atoms with E-state index < -0.39 is 0 Å². The summed E-state index contributed by atoms with van der Waals surface area (Å²) in [5.41, 5.74) is 14.3. The van der Waals surface area contributed by atoms with Gasteiger partial charge in [-0.2, -0.15) is 18.2 Å². The average molecular weight is 620 g/mol. The molecule has 1 radical (unpaired) electrons. The number of fused-ring (bicyclic) bond motifs is 6. The SMILES string of the molecule is Cc1cccc(C)c1C1=C2c3ccccc3-c3cc(-c4c(C)cccc4C)c[c-]c3N2[CH-]O1.[Ir]. The molecule has 0 saturated heterocycles. The average Bonchev–Trinajstić information content (AvgIpc) is 3.24. The Labute approximate surface area is 215 Å². The maximum absolute atomic E-state index is 6.28. The summed E-state index contributed by atoms with van der Waals surface area (Å²) in [4.78, 5) is 2.16. The van der Waals surface area contributed by atoms with Crippen molar-refractivity contribution in [2.24, 2.45) is 0 Å². The fourth-order valence-corrected chi connectivity index (χ4v) is 5.32. The van der Waals surface area contributed by atoms with E-state index in [9.17, 15) is 0 Å². The third kappa shape index (κ3) is 3.35. The zero-order chi connectivity index (χ0) is 22.7. The maximum atomic E-state index is 6.28. The van der Waals surface area contributed by atoms with Crippen LogP contribution in [0.5, 0.6) is 0 Å². The van der Waals surface area contributed by atoms with Crippen LogP contribution in [0.4, 0.5) is 5.69 Å². The fraction of sp³-hybridized carbons (Fsp3) is 0.129. The van der Waals surface area contributed by atoms with Gasteiger partial charge in [-0.15, -0.1) is 11.1 Å². The van der Waals surface area contributed by atoms with Crippen molar-refractivity contribution < 1.29 is 24.8 Å². The van der Waals surface area contributed by atoms with Gasteiger partial charge in [0.15, 0.2) is 0 Å². The molecule has 2 heterocycles. The van der Waals surface area contributed by atoms with Crippen LogP contribution >= 0.6 is 0 Å². The second kappa shape index (κ2) is 8.58. The van der Waals surface area contributed by atoms with Gasteiger partial charge < -0.3 is 9.64 Å². The monoisotopic (exact) mass is 620 g/mol. The molecule has 0 atom stereocenters. The van der Waals surface area contributed by atoms with Gasteiger partial charge in [-0.3, -0.25) is 0 Å². The maximum Gasteiger partial charge on any atom is 0.117 e. The molecule has 2 aliphatic heterocycles. The normalized spacial score (nSPS) is 13.6. The molecule has 0 spiro atoms. The van der Waals surface area contributed by atoms with Crippen molar-refractivity contribution in [3.05, 3.63) is 119 Å². The second-order valence-corrected chi connectivity index (χ2v) is 9.00. The predicted octanol–water partition coefficient (Wildman–Crippen LogP) is 7.85. The number of hydrogen-bond acceptors (Lipinski definition) is 2. The number of anilines is 1. The van der Waals surface area contributed by atoms with Gasteiger partial charge in [-0.1, -0.05) is 95.3 Å². The van der Waals surface area contributed by atoms with Crippen LogP contribution in [0, 0.1) is 40.5 Å². The molecule has 4 aromatic carbocycles. The van der Waals surface area contributed by atoms with Crippen LogP contribution in [-0.2, 0) is 24.8 Å². The Morgan fingerprint density at radius 3 is 1.94 bits per heavy atom. The summed E-state index contributed by atoms with van der Waals surface area (Å²) in [6.07, 6.45) is 0. The fourth-order valence-electron chi connectivity index (χ4n) is 5.32. The van der Waals surface area contributed by atoms with Crippen molar-refractivity contribution in [1.29, 1.82) is 0 Å². The zero-order valence-electron chi connectivity index (χ0n) is 19.7. The summed E-state index contributed by atoms with van der Waals surface area (Å²) in [5.74, 6) is 0.913. The minimum atomic E-state index is 0. The van der Waals surface area contributed by atoms with Crippen LogP contribution in [0.15, 0.2) is 72.8 Å². The summed E-state index contributed by atoms with van der Waals surface area (Å²) in [6, 6.07) is 29.5. The standard InChI is InChI=1S/C31H25NO.Ir/c1-19-9-7-10-20(2)28(19)23-15-16-27-26(17-23)24-13-5-6-14-25(24)30-31(33-18-32(27)30)29-21(3)11-8-12-22(29)4;/h5-15,17-18H,1-4H3;/q-2;. The molecular formula is C31H25IrNO-2. The Hall–Kier alpha value is -3.13. The Morgan fingerprint density at radius 1 is 0.706 bits per heavy atom. The van der Waals surface area contributed by atoms with Crippen molar-refractivity contribution >= 4 is 17.1 Å². The zero-order valence-corrected chi connectivity index (χ0v) is 22.1. The third-order valence-corrected chi connectivity index (χ3v) is 6.84. The smallest absolute Gasteiger partial charge is 0.117 e. The quantitative estimate of drug-likeness (QED) is 0.212. The van der Waals surface area contributed by atoms with Gasteiger partial charge in [0.05, 0.1) is 5.70 Å². The van der Waals surface area contributed by atoms with Crippen LogP contribution in [0.1, 0.15) is 33.4 Å². The Balaban J connectivity index is 0.00000241. The number of aryl methyl sites for hydroxylation is 4. The van der Waals surface area contributed by atoms with Crippen LogP contribution in [0.25, 0.3) is 33.7 Å². The number of hydrogen-bond donors (Lipinski definition) is 0. The van der Waals surface area contributed by atoms with E-state index >= 15 is 0 Å². The summed E-state index contributed by atoms with van der Waals surface area (Å²) in [6.45, 7) is 10.5. The van der Waals surface area contributed by atoms with Crippen LogP contribution in [-0.4, -0.2) is 0 Å². The molecule has 0 fully saturated rings. The van der Waals surface area contributed by atoms with Crippen molar-refractivity contribution in [3.63, 3.8) is 0 Å². The first-order chi connectivity index (χ1) is 16.0. The molecule has 0 aliphatic carbocycles. The molecule has 3 heteroatoms. The number of nitrogens with zero attached hydrogens (tertiary/aromatic N) is 1. The Kier molecular flexibility index (Phi) is 5.72.